The first-order valence-corrected chi connectivity index (χ1v) is 8.05. The number of hydrogen-bond donors (Lipinski definition) is 2. The van der Waals surface area contributed by atoms with Crippen LogP contribution in [-0.2, 0) is 0 Å². The van der Waals surface area contributed by atoms with E-state index in [0.717, 1.165) is 24.0 Å². The number of hydrogen-bond acceptors (Lipinski definition) is 5. The highest BCUT2D eigenvalue weighted by atomic mass is 35.5. The Morgan fingerprint density at radius 1 is 1.43 bits per heavy atom. The summed E-state index contributed by atoms with van der Waals surface area (Å²) in [6.45, 7) is 2.50. The quantitative estimate of drug-likeness (QED) is 0.585. The van der Waals surface area contributed by atoms with Crippen LogP contribution in [0.5, 0.6) is 0 Å². The van der Waals surface area contributed by atoms with Gasteiger partial charge >= 0.3 is 0 Å². The number of non-ortho nitro benzene ring substituents is 1. The Hall–Kier alpha value is -1.70. The molecule has 1 atom stereocenters. The second kappa shape index (κ2) is 8.81. The molecule has 0 bridgehead atoms. The van der Waals surface area contributed by atoms with Gasteiger partial charge in [-0.3, -0.25) is 14.9 Å². The third kappa shape index (κ3) is 4.89. The summed E-state index contributed by atoms with van der Waals surface area (Å²) in [4.78, 5) is 23.2. The molecule has 1 amide bonds. The number of thiophene rings is 1. The molecule has 3 N–H and O–H groups in total. The van der Waals surface area contributed by atoms with E-state index >= 15 is 0 Å². The van der Waals surface area contributed by atoms with Gasteiger partial charge in [-0.15, -0.1) is 23.7 Å². The van der Waals surface area contributed by atoms with Gasteiger partial charge in [0.1, 0.15) is 0 Å². The van der Waals surface area contributed by atoms with Crippen LogP contribution in [0.2, 0.25) is 0 Å². The van der Waals surface area contributed by atoms with Crippen molar-refractivity contribution in [3.63, 3.8) is 0 Å². The molecule has 0 aliphatic rings. The second-order valence-electron chi connectivity index (χ2n) is 5.14. The van der Waals surface area contributed by atoms with Crippen molar-refractivity contribution in [3.05, 3.63) is 39.3 Å². The van der Waals surface area contributed by atoms with Crippen LogP contribution in [0.15, 0.2) is 24.3 Å². The summed E-state index contributed by atoms with van der Waals surface area (Å²) in [6, 6.07) is 6.26. The molecule has 0 saturated heterocycles. The Bertz CT molecular complexity index is 690. The summed E-state index contributed by atoms with van der Waals surface area (Å²) in [6.07, 6.45) is 2.93. The zero-order chi connectivity index (χ0) is 16.1. The third-order valence-corrected chi connectivity index (χ3v) is 4.58. The zero-order valence-corrected chi connectivity index (χ0v) is 14.4. The highest BCUT2D eigenvalue weighted by Gasteiger charge is 2.16. The van der Waals surface area contributed by atoms with Crippen molar-refractivity contribution < 1.29 is 9.72 Å². The number of rotatable bonds is 7. The number of benzene rings is 1. The van der Waals surface area contributed by atoms with Gasteiger partial charge in [0.05, 0.1) is 9.80 Å². The molecular weight excluding hydrogens is 338 g/mol. The molecule has 0 saturated carbocycles. The topological polar surface area (TPSA) is 98.3 Å². The maximum Gasteiger partial charge on any atom is 0.270 e. The predicted octanol–water partition coefficient (Wildman–Crippen LogP) is 3.48. The molecule has 0 spiro atoms. The van der Waals surface area contributed by atoms with Gasteiger partial charge in [0.2, 0.25) is 0 Å². The Balaban J connectivity index is 0.00000264. The molecule has 2 rings (SSSR count). The molecule has 8 heteroatoms. The molecule has 1 unspecified atom stereocenters. The first-order chi connectivity index (χ1) is 10.5. The number of carbonyl (C=O) groups is 1. The molecule has 126 valence electrons. The molecule has 1 aromatic carbocycles. The van der Waals surface area contributed by atoms with Gasteiger partial charge < -0.3 is 11.1 Å². The number of nitrogens with one attached hydrogen (secondary N) is 1. The number of fused-ring (bicyclic) bond motifs is 1. The lowest BCUT2D eigenvalue weighted by molar-refractivity contribution is -0.384. The maximum atomic E-state index is 12.3. The van der Waals surface area contributed by atoms with Gasteiger partial charge in [0.25, 0.3) is 11.6 Å². The van der Waals surface area contributed by atoms with E-state index in [0.29, 0.717) is 16.8 Å². The molecule has 2 aromatic rings. The number of unbranched alkanes of at least 4 members (excludes halogenated alkanes) is 1. The molecule has 0 radical (unpaired) electrons. The lowest BCUT2D eigenvalue weighted by Gasteiger charge is -2.15. The Labute approximate surface area is 144 Å². The number of nitro groups is 1. The van der Waals surface area contributed by atoms with Crippen LogP contribution in [-0.4, -0.2) is 23.4 Å². The molecule has 1 heterocycles. The number of carbonyl (C=O) groups excluding carboxylic acids is 1. The van der Waals surface area contributed by atoms with Crippen molar-refractivity contribution in [3.8, 4) is 0 Å². The number of nitrogens with zero attached hydrogens (tertiary/aromatic N) is 1. The van der Waals surface area contributed by atoms with Crippen molar-refractivity contribution in [1.82, 2.24) is 5.32 Å². The van der Waals surface area contributed by atoms with Gasteiger partial charge in [0, 0.05) is 34.8 Å². The summed E-state index contributed by atoms with van der Waals surface area (Å²) < 4.78 is 0.855. The maximum absolute atomic E-state index is 12.3. The summed E-state index contributed by atoms with van der Waals surface area (Å²) in [5.74, 6) is -0.171. The smallest absolute Gasteiger partial charge is 0.270 e. The van der Waals surface area contributed by atoms with E-state index < -0.39 is 4.92 Å². The standard InChI is InChI=1S/C15H19N3O3S.ClH/c1-2-3-4-11(9-16)17-15(19)14-8-10-7-12(18(20)21)5-6-13(10)22-14;/h5-8,11H,2-4,9,16H2,1H3,(H,17,19);1H. The first kappa shape index (κ1) is 19.3. The van der Waals surface area contributed by atoms with Crippen LogP contribution in [0.1, 0.15) is 35.9 Å². The average molecular weight is 358 g/mol. The van der Waals surface area contributed by atoms with Gasteiger partial charge in [-0.2, -0.15) is 0 Å². The second-order valence-corrected chi connectivity index (χ2v) is 6.22. The lowest BCUT2D eigenvalue weighted by Crippen LogP contribution is -2.39. The minimum Gasteiger partial charge on any atom is -0.347 e. The highest BCUT2D eigenvalue weighted by Crippen LogP contribution is 2.29. The van der Waals surface area contributed by atoms with Gasteiger partial charge in [-0.1, -0.05) is 19.8 Å². The first-order valence-electron chi connectivity index (χ1n) is 7.24. The summed E-state index contributed by atoms with van der Waals surface area (Å²) in [5.41, 5.74) is 5.71. The summed E-state index contributed by atoms with van der Waals surface area (Å²) >= 11 is 1.33. The van der Waals surface area contributed by atoms with E-state index in [2.05, 4.69) is 12.2 Å². The minimum atomic E-state index is -0.438. The van der Waals surface area contributed by atoms with Crippen molar-refractivity contribution in [1.29, 1.82) is 0 Å². The van der Waals surface area contributed by atoms with E-state index in [4.69, 9.17) is 5.73 Å². The predicted molar refractivity (Wildman–Crippen MR) is 95.6 cm³/mol. The molecule has 0 fully saturated rings. The zero-order valence-electron chi connectivity index (χ0n) is 12.8. The summed E-state index contributed by atoms with van der Waals surface area (Å²) in [5, 5.41) is 14.4. The molecule has 0 aliphatic carbocycles. The van der Waals surface area contributed by atoms with Gasteiger partial charge in [0.15, 0.2) is 0 Å². The number of amides is 1. The molecule has 6 nitrogen and oxygen atoms in total. The van der Waals surface area contributed by atoms with Crippen LogP contribution in [0.4, 0.5) is 5.69 Å². The minimum absolute atomic E-state index is 0. The van der Waals surface area contributed by atoms with Gasteiger partial charge in [-0.25, -0.2) is 0 Å². The van der Waals surface area contributed by atoms with Crippen molar-refractivity contribution in [2.24, 2.45) is 5.73 Å². The Kier molecular flexibility index (Phi) is 7.41. The lowest BCUT2D eigenvalue weighted by atomic mass is 10.1. The van der Waals surface area contributed by atoms with Crippen LogP contribution in [0.3, 0.4) is 0 Å². The van der Waals surface area contributed by atoms with Gasteiger partial charge in [-0.05, 0) is 18.6 Å². The number of nitro benzene ring substituents is 1. The average Bonchev–Trinajstić information content (AvgIpc) is 2.94. The Morgan fingerprint density at radius 2 is 2.17 bits per heavy atom. The fourth-order valence-corrected chi connectivity index (χ4v) is 3.16. The normalized spacial score (nSPS) is 11.7. The van der Waals surface area contributed by atoms with Crippen LogP contribution in [0.25, 0.3) is 10.1 Å². The third-order valence-electron chi connectivity index (χ3n) is 3.46. The largest absolute Gasteiger partial charge is 0.347 e. The fraction of sp³-hybridized carbons (Fsp3) is 0.400. The monoisotopic (exact) mass is 357 g/mol. The van der Waals surface area contributed by atoms with E-state index in [1.807, 2.05) is 0 Å². The number of halogens is 1. The summed E-state index contributed by atoms with van der Waals surface area (Å²) in [7, 11) is 0. The fourth-order valence-electron chi connectivity index (χ4n) is 2.21. The molecule has 0 aliphatic heterocycles. The van der Waals surface area contributed by atoms with Crippen molar-refractivity contribution in [2.75, 3.05) is 6.54 Å². The Morgan fingerprint density at radius 3 is 2.78 bits per heavy atom. The molecular formula is C15H20ClN3O3S. The van der Waals surface area contributed by atoms with E-state index in [1.54, 1.807) is 12.1 Å². The highest BCUT2D eigenvalue weighted by molar-refractivity contribution is 7.20. The van der Waals surface area contributed by atoms with E-state index in [-0.39, 0.29) is 30.0 Å². The van der Waals surface area contributed by atoms with E-state index in [1.165, 1.54) is 23.5 Å². The molecule has 23 heavy (non-hydrogen) atoms. The van der Waals surface area contributed by atoms with Crippen LogP contribution >= 0.6 is 23.7 Å². The SMILES string of the molecule is CCCCC(CN)NC(=O)c1cc2cc([N+](=O)[O-])ccc2s1.Cl. The van der Waals surface area contributed by atoms with E-state index in [9.17, 15) is 14.9 Å². The van der Waals surface area contributed by atoms with Crippen molar-refractivity contribution in [2.45, 2.75) is 32.2 Å². The molecule has 1 aromatic heterocycles. The van der Waals surface area contributed by atoms with Crippen LogP contribution < -0.4 is 11.1 Å². The van der Waals surface area contributed by atoms with Crippen molar-refractivity contribution >= 4 is 45.4 Å². The number of nitrogens with two attached hydrogens (primary N) is 1. The van der Waals surface area contributed by atoms with Crippen LogP contribution in [0, 0.1) is 10.1 Å².